The molecule has 0 bridgehead atoms. The second-order valence-electron chi connectivity index (χ2n) is 4.78. The van der Waals surface area contributed by atoms with Gasteiger partial charge < -0.3 is 20.5 Å². The van der Waals surface area contributed by atoms with Crippen LogP contribution in [-0.2, 0) is 16.1 Å². The van der Waals surface area contributed by atoms with Crippen molar-refractivity contribution in [1.82, 2.24) is 4.98 Å². The summed E-state index contributed by atoms with van der Waals surface area (Å²) in [4.78, 5) is 16.1. The summed E-state index contributed by atoms with van der Waals surface area (Å²) in [6, 6.07) is 7.33. The van der Waals surface area contributed by atoms with Crippen molar-refractivity contribution in [2.75, 3.05) is 31.4 Å². The van der Waals surface area contributed by atoms with Crippen LogP contribution < -0.4 is 11.1 Å². The molecule has 0 saturated heterocycles. The number of hydrogen-bond acceptors (Lipinski definition) is 5. The molecular formula is C16H18FN3O3. The van der Waals surface area contributed by atoms with Crippen molar-refractivity contribution in [2.45, 2.75) is 6.61 Å². The van der Waals surface area contributed by atoms with Crippen LogP contribution >= 0.6 is 0 Å². The molecule has 23 heavy (non-hydrogen) atoms. The maximum absolute atomic E-state index is 13.7. The summed E-state index contributed by atoms with van der Waals surface area (Å²) < 4.78 is 23.9. The van der Waals surface area contributed by atoms with Crippen LogP contribution in [0.5, 0.6) is 0 Å². The third kappa shape index (κ3) is 5.01. The van der Waals surface area contributed by atoms with Crippen LogP contribution in [0.4, 0.5) is 15.9 Å². The van der Waals surface area contributed by atoms with E-state index in [-0.39, 0.29) is 12.5 Å². The highest BCUT2D eigenvalue weighted by Crippen LogP contribution is 2.14. The van der Waals surface area contributed by atoms with Gasteiger partial charge in [0.15, 0.2) is 0 Å². The van der Waals surface area contributed by atoms with E-state index in [1.807, 2.05) is 0 Å². The van der Waals surface area contributed by atoms with Gasteiger partial charge in [-0.25, -0.2) is 9.37 Å². The third-order valence-electron chi connectivity index (χ3n) is 3.04. The quantitative estimate of drug-likeness (QED) is 0.764. The van der Waals surface area contributed by atoms with Crippen LogP contribution in [0.1, 0.15) is 15.9 Å². The second-order valence-corrected chi connectivity index (χ2v) is 4.78. The van der Waals surface area contributed by atoms with Crippen LogP contribution in [0.15, 0.2) is 36.5 Å². The van der Waals surface area contributed by atoms with E-state index < -0.39 is 5.82 Å². The SMILES string of the molecule is COCCOCc1cc(C(=O)Nc2ccc(N)nc2)ccc1F. The molecule has 122 valence electrons. The number of pyridine rings is 1. The fourth-order valence-electron chi connectivity index (χ4n) is 1.83. The Hall–Kier alpha value is -2.51. The first-order chi connectivity index (χ1) is 11.1. The summed E-state index contributed by atoms with van der Waals surface area (Å²) in [5.41, 5.74) is 6.63. The van der Waals surface area contributed by atoms with Crippen molar-refractivity contribution in [2.24, 2.45) is 0 Å². The summed E-state index contributed by atoms with van der Waals surface area (Å²) in [5.74, 6) is -0.428. The number of aromatic nitrogens is 1. The van der Waals surface area contributed by atoms with E-state index in [2.05, 4.69) is 10.3 Å². The van der Waals surface area contributed by atoms with Gasteiger partial charge in [0, 0.05) is 18.2 Å². The molecule has 2 rings (SSSR count). The van der Waals surface area contributed by atoms with Crippen molar-refractivity contribution in [1.29, 1.82) is 0 Å². The Bertz CT molecular complexity index is 662. The predicted octanol–water partition coefficient (Wildman–Crippen LogP) is 2.22. The number of carbonyl (C=O) groups excluding carboxylic acids is 1. The highest BCUT2D eigenvalue weighted by atomic mass is 19.1. The summed E-state index contributed by atoms with van der Waals surface area (Å²) in [6.45, 7) is 0.842. The van der Waals surface area contributed by atoms with Crippen LogP contribution in [0.2, 0.25) is 0 Å². The third-order valence-corrected chi connectivity index (χ3v) is 3.04. The number of hydrogen-bond donors (Lipinski definition) is 2. The largest absolute Gasteiger partial charge is 0.384 e. The molecule has 3 N–H and O–H groups in total. The lowest BCUT2D eigenvalue weighted by atomic mass is 10.1. The van der Waals surface area contributed by atoms with Gasteiger partial charge in [0.25, 0.3) is 5.91 Å². The lowest BCUT2D eigenvalue weighted by Gasteiger charge is -2.09. The molecule has 0 unspecified atom stereocenters. The number of carbonyl (C=O) groups is 1. The number of anilines is 2. The Morgan fingerprint density at radius 2 is 2.13 bits per heavy atom. The Morgan fingerprint density at radius 3 is 2.83 bits per heavy atom. The molecule has 0 aliphatic heterocycles. The van der Waals surface area contributed by atoms with Crippen LogP contribution in [0, 0.1) is 5.82 Å². The smallest absolute Gasteiger partial charge is 0.255 e. The molecule has 0 aliphatic carbocycles. The van der Waals surface area contributed by atoms with Gasteiger partial charge >= 0.3 is 0 Å². The molecule has 0 aliphatic rings. The summed E-state index contributed by atoms with van der Waals surface area (Å²) in [5, 5.41) is 2.67. The molecule has 0 atom stereocenters. The number of nitrogens with zero attached hydrogens (tertiary/aromatic N) is 1. The zero-order valence-corrected chi connectivity index (χ0v) is 12.7. The average Bonchev–Trinajstić information content (AvgIpc) is 2.55. The number of ether oxygens (including phenoxy) is 2. The van der Waals surface area contributed by atoms with Crippen molar-refractivity contribution in [3.8, 4) is 0 Å². The van der Waals surface area contributed by atoms with Gasteiger partial charge in [0.1, 0.15) is 11.6 Å². The molecule has 0 fully saturated rings. The molecule has 7 heteroatoms. The number of rotatable bonds is 7. The Kier molecular flexibility index (Phi) is 6.02. The fourth-order valence-corrected chi connectivity index (χ4v) is 1.83. The number of nitrogens with two attached hydrogens (primary N) is 1. The minimum absolute atomic E-state index is 0.0692. The molecule has 2 aromatic rings. The number of halogens is 1. The molecule has 1 aromatic carbocycles. The van der Waals surface area contributed by atoms with Crippen molar-refractivity contribution in [3.05, 3.63) is 53.5 Å². The fraction of sp³-hybridized carbons (Fsp3) is 0.250. The molecule has 1 aromatic heterocycles. The lowest BCUT2D eigenvalue weighted by molar-refractivity contribution is 0.0604. The van der Waals surface area contributed by atoms with Gasteiger partial charge in [0.05, 0.1) is 31.7 Å². The second kappa shape index (κ2) is 8.21. The van der Waals surface area contributed by atoms with Gasteiger partial charge in [-0.05, 0) is 30.3 Å². The van der Waals surface area contributed by atoms with Gasteiger partial charge in [-0.2, -0.15) is 0 Å². The minimum Gasteiger partial charge on any atom is -0.384 e. The van der Waals surface area contributed by atoms with Crippen LogP contribution in [0.25, 0.3) is 0 Å². The maximum Gasteiger partial charge on any atom is 0.255 e. The summed E-state index contributed by atoms with van der Waals surface area (Å²) in [6.07, 6.45) is 1.45. The molecule has 0 radical (unpaired) electrons. The molecular weight excluding hydrogens is 301 g/mol. The minimum atomic E-state index is -0.423. The number of benzene rings is 1. The van der Waals surface area contributed by atoms with E-state index in [1.165, 1.54) is 24.4 Å². The first-order valence-electron chi connectivity index (χ1n) is 6.98. The Labute approximate surface area is 133 Å². The van der Waals surface area contributed by atoms with Gasteiger partial charge in [-0.3, -0.25) is 4.79 Å². The molecule has 0 saturated carbocycles. The van der Waals surface area contributed by atoms with Crippen molar-refractivity contribution >= 4 is 17.4 Å². The van der Waals surface area contributed by atoms with Crippen LogP contribution in [0.3, 0.4) is 0 Å². The number of nitrogens with one attached hydrogen (secondary N) is 1. The highest BCUT2D eigenvalue weighted by molar-refractivity contribution is 6.04. The normalized spacial score (nSPS) is 10.5. The topological polar surface area (TPSA) is 86.5 Å². The number of nitrogen functional groups attached to an aromatic ring is 1. The monoisotopic (exact) mass is 319 g/mol. The van der Waals surface area contributed by atoms with E-state index in [4.69, 9.17) is 15.2 Å². The first kappa shape index (κ1) is 16.9. The van der Waals surface area contributed by atoms with Gasteiger partial charge in [0.2, 0.25) is 0 Å². The Morgan fingerprint density at radius 1 is 1.30 bits per heavy atom. The van der Waals surface area contributed by atoms with E-state index >= 15 is 0 Å². The standard InChI is InChI=1S/C16H18FN3O3/c1-22-6-7-23-10-12-8-11(2-4-14(12)17)16(21)20-13-3-5-15(18)19-9-13/h2-5,8-9H,6-7,10H2,1H3,(H2,18,19)(H,20,21). The number of amides is 1. The Balaban J connectivity index is 2.03. The number of methoxy groups -OCH3 is 1. The van der Waals surface area contributed by atoms with Crippen molar-refractivity contribution < 1.29 is 18.7 Å². The van der Waals surface area contributed by atoms with Gasteiger partial charge in [-0.15, -0.1) is 0 Å². The predicted molar refractivity (Wildman–Crippen MR) is 84.5 cm³/mol. The molecule has 1 heterocycles. The zero-order chi connectivity index (χ0) is 16.7. The average molecular weight is 319 g/mol. The van der Waals surface area contributed by atoms with Crippen molar-refractivity contribution in [3.63, 3.8) is 0 Å². The maximum atomic E-state index is 13.7. The zero-order valence-electron chi connectivity index (χ0n) is 12.7. The highest BCUT2D eigenvalue weighted by Gasteiger charge is 2.10. The van der Waals surface area contributed by atoms with E-state index in [0.29, 0.717) is 35.8 Å². The summed E-state index contributed by atoms with van der Waals surface area (Å²) >= 11 is 0. The van der Waals surface area contributed by atoms with Crippen LogP contribution in [-0.4, -0.2) is 31.2 Å². The van der Waals surface area contributed by atoms with Gasteiger partial charge in [-0.1, -0.05) is 0 Å². The van der Waals surface area contributed by atoms with E-state index in [0.717, 1.165) is 0 Å². The molecule has 6 nitrogen and oxygen atoms in total. The summed E-state index contributed by atoms with van der Waals surface area (Å²) in [7, 11) is 1.56. The molecule has 0 spiro atoms. The van der Waals surface area contributed by atoms with E-state index in [1.54, 1.807) is 19.2 Å². The lowest BCUT2D eigenvalue weighted by Crippen LogP contribution is -2.13. The van der Waals surface area contributed by atoms with E-state index in [9.17, 15) is 9.18 Å². The first-order valence-corrected chi connectivity index (χ1v) is 6.98. The molecule has 1 amide bonds.